The van der Waals surface area contributed by atoms with E-state index in [0.29, 0.717) is 43.0 Å². The summed E-state index contributed by atoms with van der Waals surface area (Å²) in [6.45, 7) is 7.12. The predicted octanol–water partition coefficient (Wildman–Crippen LogP) is 4.54. The summed E-state index contributed by atoms with van der Waals surface area (Å²) in [6.07, 6.45) is 1.76. The van der Waals surface area contributed by atoms with Crippen molar-refractivity contribution in [2.75, 3.05) is 60.6 Å². The first kappa shape index (κ1) is 23.1. The van der Waals surface area contributed by atoms with Gasteiger partial charge in [-0.1, -0.05) is 23.2 Å². The van der Waals surface area contributed by atoms with Gasteiger partial charge in [0.2, 0.25) is 5.95 Å². The molecular weight excluding hydrogens is 478 g/mol. The molecule has 4 heterocycles. The zero-order valence-electron chi connectivity index (χ0n) is 18.8. The summed E-state index contributed by atoms with van der Waals surface area (Å²) in [6, 6.07) is 10.5. The summed E-state index contributed by atoms with van der Waals surface area (Å²) < 4.78 is 19.3. The van der Waals surface area contributed by atoms with E-state index in [9.17, 15) is 4.39 Å². The molecule has 0 aliphatic carbocycles. The van der Waals surface area contributed by atoms with Gasteiger partial charge in [0, 0.05) is 56.6 Å². The molecule has 0 bridgehead atoms. The van der Waals surface area contributed by atoms with Crippen LogP contribution in [0.3, 0.4) is 0 Å². The Morgan fingerprint density at radius 3 is 2.53 bits per heavy atom. The van der Waals surface area contributed by atoms with Crippen LogP contribution in [0, 0.1) is 5.82 Å². The molecule has 1 aromatic carbocycles. The zero-order chi connectivity index (χ0) is 23.7. The number of hydrogen-bond acceptors (Lipinski definition) is 7. The van der Waals surface area contributed by atoms with Crippen molar-refractivity contribution < 1.29 is 9.13 Å². The number of pyridine rings is 1. The molecule has 178 valence electrons. The van der Waals surface area contributed by atoms with Gasteiger partial charge in [-0.05, 0) is 37.3 Å². The zero-order valence-corrected chi connectivity index (χ0v) is 20.3. The SMILES string of the molecule is C[C@H]1CN(c2ncccc2Cl)CCN1c1cc(-c2ccc(F)c(Cl)c2)nc(N2CCOCC2)n1. The van der Waals surface area contributed by atoms with Crippen molar-refractivity contribution in [2.45, 2.75) is 13.0 Å². The van der Waals surface area contributed by atoms with Gasteiger partial charge >= 0.3 is 0 Å². The Labute approximate surface area is 208 Å². The minimum absolute atomic E-state index is 0.0693. The Kier molecular flexibility index (Phi) is 6.72. The molecule has 3 aromatic rings. The monoisotopic (exact) mass is 502 g/mol. The van der Waals surface area contributed by atoms with Crippen molar-refractivity contribution in [3.63, 3.8) is 0 Å². The molecule has 0 amide bonds. The van der Waals surface area contributed by atoms with Gasteiger partial charge in [0.25, 0.3) is 0 Å². The van der Waals surface area contributed by atoms with E-state index < -0.39 is 5.82 Å². The van der Waals surface area contributed by atoms with Crippen LogP contribution < -0.4 is 14.7 Å². The number of anilines is 3. The van der Waals surface area contributed by atoms with E-state index in [1.807, 2.05) is 18.2 Å². The lowest BCUT2D eigenvalue weighted by molar-refractivity contribution is 0.122. The van der Waals surface area contributed by atoms with E-state index in [-0.39, 0.29) is 11.1 Å². The van der Waals surface area contributed by atoms with E-state index in [4.69, 9.17) is 37.9 Å². The number of morpholine rings is 1. The number of benzene rings is 1. The fourth-order valence-electron chi connectivity index (χ4n) is 4.38. The molecule has 2 aliphatic rings. The van der Waals surface area contributed by atoms with Crippen LogP contribution in [0.4, 0.5) is 22.0 Å². The van der Waals surface area contributed by atoms with Crippen molar-refractivity contribution in [2.24, 2.45) is 0 Å². The van der Waals surface area contributed by atoms with Crippen molar-refractivity contribution in [1.29, 1.82) is 0 Å². The highest BCUT2D eigenvalue weighted by Gasteiger charge is 2.28. The Hall–Kier alpha value is -2.68. The molecule has 2 saturated heterocycles. The Morgan fingerprint density at radius 2 is 1.79 bits per heavy atom. The molecule has 2 aromatic heterocycles. The molecule has 1 atom stereocenters. The van der Waals surface area contributed by atoms with Crippen LogP contribution in [0.15, 0.2) is 42.6 Å². The maximum atomic E-state index is 13.8. The van der Waals surface area contributed by atoms with Crippen molar-refractivity contribution in [1.82, 2.24) is 15.0 Å². The van der Waals surface area contributed by atoms with Crippen LogP contribution >= 0.6 is 23.2 Å². The summed E-state index contributed by atoms with van der Waals surface area (Å²) in [5, 5.41) is 0.718. The summed E-state index contributed by atoms with van der Waals surface area (Å²) in [5.74, 6) is 1.81. The number of rotatable bonds is 4. The van der Waals surface area contributed by atoms with Gasteiger partial charge in [-0.2, -0.15) is 4.98 Å². The third kappa shape index (κ3) is 4.76. The summed E-state index contributed by atoms with van der Waals surface area (Å²) in [5.41, 5.74) is 1.45. The highest BCUT2D eigenvalue weighted by atomic mass is 35.5. The first-order chi connectivity index (χ1) is 16.5. The number of aromatic nitrogens is 3. The number of nitrogens with zero attached hydrogens (tertiary/aromatic N) is 6. The molecule has 5 rings (SSSR count). The van der Waals surface area contributed by atoms with Gasteiger partial charge in [0.15, 0.2) is 0 Å². The van der Waals surface area contributed by atoms with Gasteiger partial charge in [0.1, 0.15) is 17.5 Å². The molecule has 7 nitrogen and oxygen atoms in total. The molecule has 0 spiro atoms. The average molecular weight is 503 g/mol. The molecule has 2 fully saturated rings. The van der Waals surface area contributed by atoms with Gasteiger partial charge < -0.3 is 19.4 Å². The standard InChI is InChI=1S/C24H25Cl2FN6O/c1-16-15-32(23-18(25)3-2-6-28-23)7-8-33(16)22-14-21(17-4-5-20(27)19(26)13-17)29-24(30-22)31-9-11-34-12-10-31/h2-6,13-14,16H,7-12,15H2,1H3/t16-/m0/s1. The number of hydrogen-bond donors (Lipinski definition) is 0. The minimum atomic E-state index is -0.453. The van der Waals surface area contributed by atoms with Crippen LogP contribution in [0.1, 0.15) is 6.92 Å². The summed E-state index contributed by atoms with van der Waals surface area (Å²) >= 11 is 12.5. The first-order valence-corrected chi connectivity index (χ1v) is 12.0. The van der Waals surface area contributed by atoms with Crippen LogP contribution in [-0.2, 0) is 4.74 Å². The fourth-order valence-corrected chi connectivity index (χ4v) is 4.80. The van der Waals surface area contributed by atoms with E-state index in [1.54, 1.807) is 18.3 Å². The molecule has 10 heteroatoms. The second-order valence-electron chi connectivity index (χ2n) is 8.44. The van der Waals surface area contributed by atoms with Crippen LogP contribution in [0.5, 0.6) is 0 Å². The first-order valence-electron chi connectivity index (χ1n) is 11.3. The highest BCUT2D eigenvalue weighted by molar-refractivity contribution is 6.33. The molecule has 0 N–H and O–H groups in total. The maximum Gasteiger partial charge on any atom is 0.228 e. The quantitative estimate of drug-likeness (QED) is 0.519. The number of ether oxygens (including phenoxy) is 1. The molecule has 0 saturated carbocycles. The fraction of sp³-hybridized carbons (Fsp3) is 0.375. The minimum Gasteiger partial charge on any atom is -0.378 e. The molecular formula is C24H25Cl2FN6O. The van der Waals surface area contributed by atoms with Crippen LogP contribution in [-0.4, -0.2) is 66.9 Å². The normalized spacial score (nSPS) is 18.9. The Morgan fingerprint density at radius 1 is 0.971 bits per heavy atom. The third-order valence-corrected chi connectivity index (χ3v) is 6.76. The molecule has 0 unspecified atom stereocenters. The highest BCUT2D eigenvalue weighted by Crippen LogP contribution is 2.31. The molecule has 34 heavy (non-hydrogen) atoms. The van der Waals surface area contributed by atoms with Gasteiger partial charge in [0.05, 0.1) is 29.0 Å². The third-order valence-electron chi connectivity index (χ3n) is 6.17. The second-order valence-corrected chi connectivity index (χ2v) is 9.25. The van der Waals surface area contributed by atoms with Crippen LogP contribution in [0.2, 0.25) is 10.0 Å². The summed E-state index contributed by atoms with van der Waals surface area (Å²) in [4.78, 5) is 20.8. The van der Waals surface area contributed by atoms with Gasteiger partial charge in [-0.15, -0.1) is 0 Å². The summed E-state index contributed by atoms with van der Waals surface area (Å²) in [7, 11) is 0. The van der Waals surface area contributed by atoms with Crippen LogP contribution in [0.25, 0.3) is 11.3 Å². The Balaban J connectivity index is 1.47. The predicted molar refractivity (Wildman–Crippen MR) is 134 cm³/mol. The van der Waals surface area contributed by atoms with Crippen molar-refractivity contribution in [3.05, 3.63) is 58.5 Å². The smallest absolute Gasteiger partial charge is 0.228 e. The molecule has 2 aliphatic heterocycles. The average Bonchev–Trinajstić information content (AvgIpc) is 2.86. The lowest BCUT2D eigenvalue weighted by atomic mass is 10.1. The maximum absolute atomic E-state index is 13.8. The van der Waals surface area contributed by atoms with E-state index in [0.717, 1.165) is 36.8 Å². The largest absolute Gasteiger partial charge is 0.378 e. The van der Waals surface area contributed by atoms with Gasteiger partial charge in [-0.25, -0.2) is 14.4 Å². The topological polar surface area (TPSA) is 57.6 Å². The van der Waals surface area contributed by atoms with Crippen molar-refractivity contribution in [3.8, 4) is 11.3 Å². The molecule has 0 radical (unpaired) electrons. The second kappa shape index (κ2) is 9.90. The number of piperazine rings is 1. The lowest BCUT2D eigenvalue weighted by Gasteiger charge is -2.41. The number of halogens is 3. The van der Waals surface area contributed by atoms with E-state index >= 15 is 0 Å². The lowest BCUT2D eigenvalue weighted by Crippen LogP contribution is -2.53. The Bertz CT molecular complexity index is 1180. The van der Waals surface area contributed by atoms with E-state index in [1.165, 1.54) is 6.07 Å². The van der Waals surface area contributed by atoms with Crippen molar-refractivity contribution >= 4 is 40.8 Å². The van der Waals surface area contributed by atoms with E-state index in [2.05, 4.69) is 26.6 Å². The van der Waals surface area contributed by atoms with Gasteiger partial charge in [-0.3, -0.25) is 0 Å².